The molecule has 2 heteroatoms. The molecule has 0 bridgehead atoms. The van der Waals surface area contributed by atoms with E-state index in [2.05, 4.69) is 61.2 Å². The zero-order chi connectivity index (χ0) is 14.4. The summed E-state index contributed by atoms with van der Waals surface area (Å²) in [4.78, 5) is 2.49. The molecular weight excluding hydrogens is 244 g/mol. The van der Waals surface area contributed by atoms with Gasteiger partial charge >= 0.3 is 0 Å². The molecule has 0 aromatic heterocycles. The summed E-state index contributed by atoms with van der Waals surface area (Å²) < 4.78 is 0. The first kappa shape index (κ1) is 14.9. The van der Waals surface area contributed by atoms with Crippen LogP contribution >= 0.6 is 0 Å². The van der Waals surface area contributed by atoms with Crippen molar-refractivity contribution in [3.63, 3.8) is 0 Å². The maximum absolute atomic E-state index is 5.61. The van der Waals surface area contributed by atoms with Crippen molar-refractivity contribution in [3.8, 4) is 0 Å². The van der Waals surface area contributed by atoms with Crippen molar-refractivity contribution < 1.29 is 0 Å². The number of nitrogens with two attached hydrogens (primary N) is 1. The Morgan fingerprint density at radius 1 is 1.10 bits per heavy atom. The van der Waals surface area contributed by atoms with Gasteiger partial charge in [-0.3, -0.25) is 0 Å². The van der Waals surface area contributed by atoms with E-state index in [1.54, 1.807) is 0 Å². The van der Waals surface area contributed by atoms with E-state index < -0.39 is 0 Å². The van der Waals surface area contributed by atoms with E-state index in [0.29, 0.717) is 5.92 Å². The zero-order valence-electron chi connectivity index (χ0n) is 12.7. The smallest absolute Gasteiger partial charge is 0.0445 e. The molecule has 108 valence electrons. The predicted octanol–water partition coefficient (Wildman–Crippen LogP) is 4.04. The average molecular weight is 270 g/mol. The molecule has 0 aliphatic heterocycles. The quantitative estimate of drug-likeness (QED) is 0.822. The van der Waals surface area contributed by atoms with E-state index in [0.717, 1.165) is 26.1 Å². The van der Waals surface area contributed by atoms with Crippen LogP contribution in [0.3, 0.4) is 0 Å². The molecular formula is C18H26N2. The molecule has 2 aromatic rings. The van der Waals surface area contributed by atoms with Crippen LogP contribution in [0.25, 0.3) is 10.8 Å². The van der Waals surface area contributed by atoms with Gasteiger partial charge < -0.3 is 10.6 Å². The summed E-state index contributed by atoms with van der Waals surface area (Å²) in [5.74, 6) is 0.678. The summed E-state index contributed by atoms with van der Waals surface area (Å²) in [7, 11) is 0. The van der Waals surface area contributed by atoms with Gasteiger partial charge in [-0.1, -0.05) is 43.3 Å². The van der Waals surface area contributed by atoms with Crippen LogP contribution in [0.1, 0.15) is 26.7 Å². The highest BCUT2D eigenvalue weighted by atomic mass is 15.1. The average Bonchev–Trinajstić information content (AvgIpc) is 2.50. The minimum atomic E-state index is 0.678. The van der Waals surface area contributed by atoms with Gasteiger partial charge in [-0.25, -0.2) is 0 Å². The maximum atomic E-state index is 5.61. The second-order valence-electron chi connectivity index (χ2n) is 5.57. The van der Waals surface area contributed by atoms with Crippen LogP contribution < -0.4 is 10.6 Å². The molecule has 0 radical (unpaired) electrons. The molecule has 0 fully saturated rings. The van der Waals surface area contributed by atoms with Gasteiger partial charge in [0.25, 0.3) is 0 Å². The van der Waals surface area contributed by atoms with Crippen LogP contribution in [-0.2, 0) is 0 Å². The molecule has 0 aliphatic rings. The fourth-order valence-corrected chi connectivity index (χ4v) is 2.82. The number of benzene rings is 2. The summed E-state index contributed by atoms with van der Waals surface area (Å²) in [5.41, 5.74) is 6.96. The van der Waals surface area contributed by atoms with Gasteiger partial charge in [-0.15, -0.1) is 0 Å². The van der Waals surface area contributed by atoms with Crippen LogP contribution in [0.2, 0.25) is 0 Å². The molecule has 2 aromatic carbocycles. The van der Waals surface area contributed by atoms with Crippen molar-refractivity contribution in [3.05, 3.63) is 42.5 Å². The van der Waals surface area contributed by atoms with Crippen molar-refractivity contribution in [2.24, 2.45) is 11.7 Å². The first-order chi connectivity index (χ1) is 9.76. The molecule has 1 unspecified atom stereocenters. The Hall–Kier alpha value is -1.54. The number of hydrogen-bond donors (Lipinski definition) is 1. The highest BCUT2D eigenvalue weighted by molar-refractivity contribution is 5.94. The first-order valence-electron chi connectivity index (χ1n) is 7.69. The second kappa shape index (κ2) is 7.30. The maximum Gasteiger partial charge on any atom is 0.0445 e. The van der Waals surface area contributed by atoms with E-state index in [4.69, 9.17) is 5.73 Å². The molecule has 2 rings (SSSR count). The predicted molar refractivity (Wildman–Crippen MR) is 89.3 cm³/mol. The van der Waals surface area contributed by atoms with E-state index in [1.165, 1.54) is 22.9 Å². The van der Waals surface area contributed by atoms with E-state index in [-0.39, 0.29) is 0 Å². The molecule has 0 saturated carbocycles. The van der Waals surface area contributed by atoms with Crippen LogP contribution in [0.4, 0.5) is 5.69 Å². The number of rotatable bonds is 7. The molecule has 0 saturated heterocycles. The lowest BCUT2D eigenvalue weighted by atomic mass is 10.0. The number of nitrogens with zero attached hydrogens (tertiary/aromatic N) is 1. The largest absolute Gasteiger partial charge is 0.371 e. The Morgan fingerprint density at radius 2 is 1.85 bits per heavy atom. The van der Waals surface area contributed by atoms with Crippen LogP contribution in [0.5, 0.6) is 0 Å². The molecule has 0 heterocycles. The minimum absolute atomic E-state index is 0.678. The number of anilines is 1. The van der Waals surface area contributed by atoms with Crippen molar-refractivity contribution in [2.75, 3.05) is 24.5 Å². The molecule has 0 spiro atoms. The summed E-state index contributed by atoms with van der Waals surface area (Å²) >= 11 is 0. The third-order valence-electron chi connectivity index (χ3n) is 3.92. The Kier molecular flexibility index (Phi) is 5.42. The van der Waals surface area contributed by atoms with Crippen molar-refractivity contribution in [2.45, 2.75) is 26.7 Å². The Balaban J connectivity index is 2.21. The van der Waals surface area contributed by atoms with Gasteiger partial charge in [0.05, 0.1) is 0 Å². The van der Waals surface area contributed by atoms with Gasteiger partial charge in [0, 0.05) is 24.2 Å². The molecule has 2 N–H and O–H groups in total. The van der Waals surface area contributed by atoms with Gasteiger partial charge in [0.2, 0.25) is 0 Å². The lowest BCUT2D eigenvalue weighted by Crippen LogP contribution is -2.28. The van der Waals surface area contributed by atoms with Gasteiger partial charge in [0.1, 0.15) is 0 Å². The normalized spacial score (nSPS) is 12.6. The highest BCUT2D eigenvalue weighted by Gasteiger charge is 2.11. The first-order valence-corrected chi connectivity index (χ1v) is 7.69. The van der Waals surface area contributed by atoms with E-state index in [1.807, 2.05) is 0 Å². The van der Waals surface area contributed by atoms with Gasteiger partial charge in [-0.05, 0) is 43.7 Å². The van der Waals surface area contributed by atoms with Crippen molar-refractivity contribution in [1.82, 2.24) is 0 Å². The third-order valence-corrected chi connectivity index (χ3v) is 3.92. The highest BCUT2D eigenvalue weighted by Crippen LogP contribution is 2.27. The number of hydrogen-bond acceptors (Lipinski definition) is 2. The van der Waals surface area contributed by atoms with Crippen molar-refractivity contribution in [1.29, 1.82) is 0 Å². The standard InChI is InChI=1S/C18H26N2/c1-3-20(14-15(2)8-7-13-19)18-12-6-10-16-9-4-5-11-17(16)18/h4-6,9-12,15H,3,7-8,13-14,19H2,1-2H3. The fourth-order valence-electron chi connectivity index (χ4n) is 2.82. The molecule has 0 amide bonds. The van der Waals surface area contributed by atoms with Crippen LogP contribution in [0, 0.1) is 5.92 Å². The lowest BCUT2D eigenvalue weighted by Gasteiger charge is -2.28. The summed E-state index contributed by atoms with van der Waals surface area (Å²) in [5, 5.41) is 2.67. The number of fused-ring (bicyclic) bond motifs is 1. The van der Waals surface area contributed by atoms with Gasteiger partial charge in [0.15, 0.2) is 0 Å². The molecule has 0 aliphatic carbocycles. The molecule has 20 heavy (non-hydrogen) atoms. The third kappa shape index (κ3) is 3.51. The summed E-state index contributed by atoms with van der Waals surface area (Å²) in [6.45, 7) is 7.50. The van der Waals surface area contributed by atoms with E-state index in [9.17, 15) is 0 Å². The summed E-state index contributed by atoms with van der Waals surface area (Å²) in [6.07, 6.45) is 2.33. The fraction of sp³-hybridized carbons (Fsp3) is 0.444. The minimum Gasteiger partial charge on any atom is -0.371 e. The topological polar surface area (TPSA) is 29.3 Å². The summed E-state index contributed by atoms with van der Waals surface area (Å²) in [6, 6.07) is 15.2. The molecule has 2 nitrogen and oxygen atoms in total. The Labute approximate surface area is 122 Å². The second-order valence-corrected chi connectivity index (χ2v) is 5.57. The zero-order valence-corrected chi connectivity index (χ0v) is 12.7. The Bertz CT molecular complexity index is 530. The molecule has 1 atom stereocenters. The Morgan fingerprint density at radius 3 is 2.60 bits per heavy atom. The van der Waals surface area contributed by atoms with Gasteiger partial charge in [-0.2, -0.15) is 0 Å². The van der Waals surface area contributed by atoms with Crippen molar-refractivity contribution >= 4 is 16.5 Å². The van der Waals surface area contributed by atoms with Crippen LogP contribution in [-0.4, -0.2) is 19.6 Å². The monoisotopic (exact) mass is 270 g/mol. The van der Waals surface area contributed by atoms with E-state index >= 15 is 0 Å². The van der Waals surface area contributed by atoms with Crippen LogP contribution in [0.15, 0.2) is 42.5 Å². The lowest BCUT2D eigenvalue weighted by molar-refractivity contribution is 0.507. The SMILES string of the molecule is CCN(CC(C)CCCN)c1cccc2ccccc12.